The highest BCUT2D eigenvalue weighted by atomic mass is 32.2. The third-order valence-corrected chi connectivity index (χ3v) is 2.43. The van der Waals surface area contributed by atoms with E-state index in [-0.39, 0.29) is 0 Å². The van der Waals surface area contributed by atoms with Crippen LogP contribution in [0.3, 0.4) is 0 Å². The van der Waals surface area contributed by atoms with E-state index in [2.05, 4.69) is 26.4 Å². The molecule has 0 aliphatic rings. The zero-order valence-corrected chi connectivity index (χ0v) is 6.56. The van der Waals surface area contributed by atoms with Gasteiger partial charge in [0.25, 0.3) is 0 Å². The Morgan fingerprint density at radius 2 is 2.43 bits per heavy atom. The zero-order chi connectivity index (χ0) is 5.70. The highest BCUT2D eigenvalue weighted by Gasteiger charge is 1.95. The van der Waals surface area contributed by atoms with Gasteiger partial charge in [0.05, 0.1) is 0 Å². The van der Waals surface area contributed by atoms with Crippen molar-refractivity contribution >= 4 is 31.7 Å². The molecule has 0 N–H and O–H groups in total. The minimum Gasteiger partial charge on any atom is -0.168 e. The SMILES string of the molecule is CBC(C)SCS. The minimum absolute atomic E-state index is 0.789. The van der Waals surface area contributed by atoms with Crippen molar-refractivity contribution in [3.63, 3.8) is 0 Å². The summed E-state index contributed by atoms with van der Waals surface area (Å²) in [6, 6.07) is 0. The van der Waals surface area contributed by atoms with Gasteiger partial charge in [0, 0.05) is 5.08 Å². The average Bonchev–Trinajstić information content (AvgIpc) is 1.68. The van der Waals surface area contributed by atoms with Gasteiger partial charge in [-0.15, -0.1) is 0 Å². The van der Waals surface area contributed by atoms with E-state index in [1.165, 1.54) is 7.28 Å². The van der Waals surface area contributed by atoms with Crippen molar-refractivity contribution in [1.29, 1.82) is 0 Å². The van der Waals surface area contributed by atoms with Crippen LogP contribution < -0.4 is 0 Å². The maximum Gasteiger partial charge on any atom is 0.133 e. The van der Waals surface area contributed by atoms with Crippen molar-refractivity contribution in [3.8, 4) is 0 Å². The highest BCUT2D eigenvalue weighted by molar-refractivity contribution is 8.10. The summed E-state index contributed by atoms with van der Waals surface area (Å²) in [5.74, 6) is 0. The van der Waals surface area contributed by atoms with Crippen LogP contribution in [0.5, 0.6) is 0 Å². The van der Waals surface area contributed by atoms with Crippen molar-refractivity contribution in [3.05, 3.63) is 0 Å². The molecule has 0 aromatic heterocycles. The monoisotopic (exact) mass is 134 g/mol. The molecule has 0 amide bonds. The van der Waals surface area contributed by atoms with Gasteiger partial charge in [-0.1, -0.05) is 13.7 Å². The maximum absolute atomic E-state index is 4.08. The Balaban J connectivity index is 2.83. The topological polar surface area (TPSA) is 0 Å². The van der Waals surface area contributed by atoms with Gasteiger partial charge >= 0.3 is 0 Å². The van der Waals surface area contributed by atoms with Crippen molar-refractivity contribution in [1.82, 2.24) is 0 Å². The predicted octanol–water partition coefficient (Wildman–Crippen LogP) is 1.44. The summed E-state index contributed by atoms with van der Waals surface area (Å²) in [4.78, 5) is 0. The smallest absolute Gasteiger partial charge is 0.133 e. The van der Waals surface area contributed by atoms with Crippen LogP contribution in [-0.2, 0) is 0 Å². The summed E-state index contributed by atoms with van der Waals surface area (Å²) in [6.45, 7) is 4.42. The van der Waals surface area contributed by atoms with Crippen LogP contribution >= 0.6 is 24.4 Å². The van der Waals surface area contributed by atoms with Gasteiger partial charge < -0.3 is 0 Å². The normalized spacial score (nSPS) is 13.6. The summed E-state index contributed by atoms with van der Waals surface area (Å²) < 4.78 is 0. The average molecular weight is 134 g/mol. The van der Waals surface area contributed by atoms with Crippen LogP contribution in [0.25, 0.3) is 0 Å². The molecule has 0 aliphatic carbocycles. The molecule has 0 nitrogen and oxygen atoms in total. The summed E-state index contributed by atoms with van der Waals surface area (Å²) in [7, 11) is 1.26. The molecule has 0 bridgehead atoms. The lowest BCUT2D eigenvalue weighted by atomic mass is 9.79. The van der Waals surface area contributed by atoms with Crippen LogP contribution in [0.2, 0.25) is 6.82 Å². The summed E-state index contributed by atoms with van der Waals surface area (Å²) in [5.41, 5.74) is 0. The first-order valence-electron chi connectivity index (χ1n) is 2.53. The summed E-state index contributed by atoms with van der Waals surface area (Å²) >= 11 is 5.97. The van der Waals surface area contributed by atoms with Crippen molar-refractivity contribution in [2.45, 2.75) is 18.9 Å². The second-order valence-corrected chi connectivity index (χ2v) is 3.69. The largest absolute Gasteiger partial charge is 0.168 e. The molecule has 0 fully saturated rings. The van der Waals surface area contributed by atoms with Gasteiger partial charge in [-0.25, -0.2) is 0 Å². The first kappa shape index (κ1) is 7.76. The van der Waals surface area contributed by atoms with Crippen LogP contribution in [-0.4, -0.2) is 17.5 Å². The fourth-order valence-electron chi connectivity index (χ4n) is 0.245. The second-order valence-electron chi connectivity index (χ2n) is 1.51. The molecule has 1 atom stereocenters. The van der Waals surface area contributed by atoms with E-state index in [4.69, 9.17) is 0 Å². The fraction of sp³-hybridized carbons (Fsp3) is 1.00. The van der Waals surface area contributed by atoms with Gasteiger partial charge in [0.15, 0.2) is 0 Å². The minimum atomic E-state index is 0.789. The molecule has 0 aromatic carbocycles. The first-order valence-corrected chi connectivity index (χ1v) is 4.21. The number of hydrogen-bond acceptors (Lipinski definition) is 2. The third kappa shape index (κ3) is 4.62. The molecule has 0 aliphatic heterocycles. The number of thiol groups is 1. The van der Waals surface area contributed by atoms with Crippen molar-refractivity contribution < 1.29 is 0 Å². The molecule has 0 spiro atoms. The molecule has 0 rings (SSSR count). The number of hydrogen-bond donors (Lipinski definition) is 1. The van der Waals surface area contributed by atoms with E-state index in [0.717, 1.165) is 10.2 Å². The van der Waals surface area contributed by atoms with E-state index in [1.54, 1.807) is 0 Å². The van der Waals surface area contributed by atoms with Crippen LogP contribution in [0, 0.1) is 0 Å². The quantitative estimate of drug-likeness (QED) is 0.346. The van der Waals surface area contributed by atoms with Gasteiger partial charge in [-0.05, 0) is 5.15 Å². The molecular weight excluding hydrogens is 123 g/mol. The second kappa shape index (κ2) is 4.91. The number of rotatable bonds is 3. The Labute approximate surface area is 56.1 Å². The molecular formula is C4H11BS2. The molecule has 0 aromatic rings. The molecule has 0 saturated heterocycles. The van der Waals surface area contributed by atoms with Crippen LogP contribution in [0.1, 0.15) is 6.92 Å². The third-order valence-electron chi connectivity index (χ3n) is 0.934. The molecule has 7 heavy (non-hydrogen) atoms. The summed E-state index contributed by atoms with van der Waals surface area (Å²) in [5, 5.41) is 1.74. The van der Waals surface area contributed by atoms with Gasteiger partial charge in [0.2, 0.25) is 0 Å². The first-order chi connectivity index (χ1) is 3.31. The molecule has 3 heteroatoms. The summed E-state index contributed by atoms with van der Waals surface area (Å²) in [6.07, 6.45) is 0. The lowest BCUT2D eigenvalue weighted by Crippen LogP contribution is -2.02. The Hall–Kier alpha value is 0.765. The molecule has 1 unspecified atom stereocenters. The van der Waals surface area contributed by atoms with E-state index in [9.17, 15) is 0 Å². The highest BCUT2D eigenvalue weighted by Crippen LogP contribution is 2.08. The Morgan fingerprint density at radius 3 is 2.57 bits per heavy atom. The Kier molecular flexibility index (Phi) is 5.45. The molecule has 42 valence electrons. The molecule has 0 saturated carbocycles. The van der Waals surface area contributed by atoms with E-state index < -0.39 is 0 Å². The standard InChI is InChI=1S/C4H11BS2/c1-4(5-2)7-3-6/h4-6H,3H2,1-2H3. The van der Waals surface area contributed by atoms with E-state index >= 15 is 0 Å². The van der Waals surface area contributed by atoms with E-state index in [1.807, 2.05) is 11.8 Å². The van der Waals surface area contributed by atoms with Gasteiger partial charge in [-0.2, -0.15) is 24.4 Å². The Bertz CT molecular complexity index is 40.7. The van der Waals surface area contributed by atoms with Crippen LogP contribution in [0.15, 0.2) is 0 Å². The van der Waals surface area contributed by atoms with Gasteiger partial charge in [-0.3, -0.25) is 0 Å². The molecule has 0 heterocycles. The van der Waals surface area contributed by atoms with Crippen molar-refractivity contribution in [2.24, 2.45) is 0 Å². The van der Waals surface area contributed by atoms with Gasteiger partial charge in [0.1, 0.15) is 7.28 Å². The molecule has 0 radical (unpaired) electrons. The zero-order valence-electron chi connectivity index (χ0n) is 4.85. The Morgan fingerprint density at radius 1 is 1.86 bits per heavy atom. The van der Waals surface area contributed by atoms with E-state index in [0.29, 0.717) is 0 Å². The lowest BCUT2D eigenvalue weighted by Gasteiger charge is -2.00. The number of thioether (sulfide) groups is 1. The van der Waals surface area contributed by atoms with Crippen LogP contribution in [0.4, 0.5) is 0 Å². The fourth-order valence-corrected chi connectivity index (χ4v) is 1.50. The predicted molar refractivity (Wildman–Crippen MR) is 43.9 cm³/mol. The lowest BCUT2D eigenvalue weighted by molar-refractivity contribution is 1.38. The van der Waals surface area contributed by atoms with Crippen molar-refractivity contribution in [2.75, 3.05) is 5.08 Å². The maximum atomic E-state index is 4.08.